The van der Waals surface area contributed by atoms with E-state index in [4.69, 9.17) is 5.73 Å². The number of nitrogen functional groups attached to an aromatic ring is 1. The third kappa shape index (κ3) is 3.30. The van der Waals surface area contributed by atoms with Gasteiger partial charge in [-0.25, -0.2) is 9.37 Å². The summed E-state index contributed by atoms with van der Waals surface area (Å²) in [6, 6.07) is 10.7. The molecular formula is C21H23FN4OS. The largest absolute Gasteiger partial charge is 0.397 e. The van der Waals surface area contributed by atoms with Crippen LogP contribution in [0, 0.1) is 5.82 Å². The van der Waals surface area contributed by atoms with E-state index in [-0.39, 0.29) is 11.7 Å². The van der Waals surface area contributed by atoms with Gasteiger partial charge in [-0.3, -0.25) is 4.79 Å². The van der Waals surface area contributed by atoms with E-state index < -0.39 is 0 Å². The molecular weight excluding hydrogens is 375 g/mol. The highest BCUT2D eigenvalue weighted by molar-refractivity contribution is 7.21. The molecule has 1 aromatic carbocycles. The average molecular weight is 399 g/mol. The zero-order chi connectivity index (χ0) is 19.8. The van der Waals surface area contributed by atoms with E-state index in [2.05, 4.69) is 18.8 Å². The number of hydrogen-bond acceptors (Lipinski definition) is 5. The number of anilines is 2. The summed E-state index contributed by atoms with van der Waals surface area (Å²) in [5.74, 6) is 0.0150. The molecule has 1 fully saturated rings. The third-order valence-electron chi connectivity index (χ3n) is 5.16. The number of carbonyl (C=O) groups is 1. The van der Waals surface area contributed by atoms with Crippen LogP contribution in [0.25, 0.3) is 10.2 Å². The molecule has 1 saturated heterocycles. The molecule has 0 radical (unpaired) electrons. The van der Waals surface area contributed by atoms with E-state index >= 15 is 0 Å². The molecule has 2 aromatic heterocycles. The molecule has 5 nitrogen and oxygen atoms in total. The lowest BCUT2D eigenvalue weighted by Gasteiger charge is -2.36. The van der Waals surface area contributed by atoms with Crippen molar-refractivity contribution < 1.29 is 9.18 Å². The van der Waals surface area contributed by atoms with Crippen molar-refractivity contribution in [3.05, 3.63) is 52.8 Å². The SMILES string of the molecule is CC(C)c1ccc2c(N)c(C(=O)N3CCN(c4ccccc4F)CC3)sc2n1. The number of fused-ring (bicyclic) bond motifs is 1. The van der Waals surface area contributed by atoms with E-state index in [9.17, 15) is 9.18 Å². The summed E-state index contributed by atoms with van der Waals surface area (Å²) in [5.41, 5.74) is 8.35. The minimum Gasteiger partial charge on any atom is -0.397 e. The van der Waals surface area contributed by atoms with Crippen molar-refractivity contribution in [1.82, 2.24) is 9.88 Å². The van der Waals surface area contributed by atoms with Gasteiger partial charge in [0.2, 0.25) is 0 Å². The predicted octanol–water partition coefficient (Wildman–Crippen LogP) is 4.10. The fourth-order valence-corrected chi connectivity index (χ4v) is 4.56. The Labute approximate surface area is 167 Å². The zero-order valence-corrected chi connectivity index (χ0v) is 16.8. The monoisotopic (exact) mass is 398 g/mol. The van der Waals surface area contributed by atoms with Gasteiger partial charge >= 0.3 is 0 Å². The summed E-state index contributed by atoms with van der Waals surface area (Å²) in [6.45, 7) is 6.43. The van der Waals surface area contributed by atoms with Gasteiger partial charge in [-0.2, -0.15) is 0 Å². The van der Waals surface area contributed by atoms with Crippen LogP contribution >= 0.6 is 11.3 Å². The summed E-state index contributed by atoms with van der Waals surface area (Å²) < 4.78 is 14.0. The predicted molar refractivity (Wildman–Crippen MR) is 113 cm³/mol. The third-order valence-corrected chi connectivity index (χ3v) is 6.26. The second-order valence-electron chi connectivity index (χ2n) is 7.32. The number of carbonyl (C=O) groups excluding carboxylic acids is 1. The Hall–Kier alpha value is -2.67. The van der Waals surface area contributed by atoms with E-state index in [1.807, 2.05) is 23.1 Å². The highest BCUT2D eigenvalue weighted by Gasteiger charge is 2.27. The Morgan fingerprint density at radius 1 is 1.14 bits per heavy atom. The second kappa shape index (κ2) is 7.39. The molecule has 4 rings (SSSR count). The summed E-state index contributed by atoms with van der Waals surface area (Å²) in [6.07, 6.45) is 0. The first-order chi connectivity index (χ1) is 13.5. The maximum absolute atomic E-state index is 14.0. The van der Waals surface area contributed by atoms with Crippen LogP contribution in [0.1, 0.15) is 35.1 Å². The van der Waals surface area contributed by atoms with Crippen molar-refractivity contribution >= 4 is 38.8 Å². The van der Waals surface area contributed by atoms with Crippen molar-refractivity contribution in [3.8, 4) is 0 Å². The van der Waals surface area contributed by atoms with Crippen LogP contribution in [0.4, 0.5) is 15.8 Å². The highest BCUT2D eigenvalue weighted by atomic mass is 32.1. The average Bonchev–Trinajstić information content (AvgIpc) is 3.04. The van der Waals surface area contributed by atoms with E-state index in [1.54, 1.807) is 17.0 Å². The van der Waals surface area contributed by atoms with Gasteiger partial charge < -0.3 is 15.5 Å². The number of thiophene rings is 1. The number of nitrogens with two attached hydrogens (primary N) is 1. The minimum atomic E-state index is -0.233. The smallest absolute Gasteiger partial charge is 0.266 e. The maximum atomic E-state index is 14.0. The van der Waals surface area contributed by atoms with Crippen molar-refractivity contribution in [2.24, 2.45) is 0 Å². The molecule has 0 unspecified atom stereocenters. The molecule has 0 atom stereocenters. The number of piperazine rings is 1. The summed E-state index contributed by atoms with van der Waals surface area (Å²) in [5, 5.41) is 0.836. The summed E-state index contributed by atoms with van der Waals surface area (Å²) in [7, 11) is 0. The van der Waals surface area contributed by atoms with Crippen LogP contribution in [-0.2, 0) is 0 Å². The second-order valence-corrected chi connectivity index (χ2v) is 8.32. The lowest BCUT2D eigenvalue weighted by molar-refractivity contribution is 0.0752. The molecule has 1 aliphatic rings. The van der Waals surface area contributed by atoms with Crippen LogP contribution in [0.2, 0.25) is 0 Å². The van der Waals surface area contributed by atoms with Gasteiger partial charge in [0.1, 0.15) is 15.5 Å². The standard InChI is InChI=1S/C21H23FN4OS/c1-13(2)16-8-7-14-18(23)19(28-20(14)24-16)21(27)26-11-9-25(10-12-26)17-6-4-3-5-15(17)22/h3-8,13H,9-12,23H2,1-2H3. The molecule has 146 valence electrons. The molecule has 3 aromatic rings. The maximum Gasteiger partial charge on any atom is 0.266 e. The summed E-state index contributed by atoms with van der Waals surface area (Å²) in [4.78, 5) is 22.8. The Morgan fingerprint density at radius 2 is 1.86 bits per heavy atom. The van der Waals surface area contributed by atoms with Gasteiger partial charge in [-0.05, 0) is 30.2 Å². The molecule has 2 N–H and O–H groups in total. The number of nitrogens with zero attached hydrogens (tertiary/aromatic N) is 3. The van der Waals surface area contributed by atoms with Crippen LogP contribution in [0.15, 0.2) is 36.4 Å². The molecule has 0 aliphatic carbocycles. The zero-order valence-electron chi connectivity index (χ0n) is 16.0. The van der Waals surface area contributed by atoms with E-state index in [1.165, 1.54) is 17.4 Å². The first-order valence-corrected chi connectivity index (χ1v) is 10.2. The van der Waals surface area contributed by atoms with E-state index in [0.29, 0.717) is 48.3 Å². The lowest BCUT2D eigenvalue weighted by atomic mass is 10.1. The van der Waals surface area contributed by atoms with E-state index in [0.717, 1.165) is 15.9 Å². The van der Waals surface area contributed by atoms with Crippen LogP contribution < -0.4 is 10.6 Å². The fraction of sp³-hybridized carbons (Fsp3) is 0.333. The number of amides is 1. The summed E-state index contributed by atoms with van der Waals surface area (Å²) >= 11 is 1.36. The number of aromatic nitrogens is 1. The van der Waals surface area contributed by atoms with Crippen LogP contribution in [0.5, 0.6) is 0 Å². The van der Waals surface area contributed by atoms with Crippen LogP contribution in [0.3, 0.4) is 0 Å². The van der Waals surface area contributed by atoms with Gasteiger partial charge in [0.15, 0.2) is 0 Å². The number of para-hydroxylation sites is 1. The van der Waals surface area contributed by atoms with Gasteiger partial charge in [0.05, 0.1) is 11.4 Å². The molecule has 3 heterocycles. The van der Waals surface area contributed by atoms with Gasteiger partial charge in [0.25, 0.3) is 5.91 Å². The number of pyridine rings is 1. The molecule has 1 aliphatic heterocycles. The lowest BCUT2D eigenvalue weighted by Crippen LogP contribution is -2.49. The minimum absolute atomic E-state index is 0.0696. The molecule has 1 amide bonds. The van der Waals surface area contributed by atoms with Crippen molar-refractivity contribution in [2.45, 2.75) is 19.8 Å². The van der Waals surface area contributed by atoms with Gasteiger partial charge in [-0.15, -0.1) is 11.3 Å². The van der Waals surface area contributed by atoms with Crippen molar-refractivity contribution in [1.29, 1.82) is 0 Å². The first-order valence-electron chi connectivity index (χ1n) is 9.43. The van der Waals surface area contributed by atoms with Crippen LogP contribution in [-0.4, -0.2) is 42.0 Å². The van der Waals surface area contributed by atoms with Crippen molar-refractivity contribution in [2.75, 3.05) is 36.8 Å². The molecule has 0 saturated carbocycles. The highest BCUT2D eigenvalue weighted by Crippen LogP contribution is 2.34. The number of benzene rings is 1. The van der Waals surface area contributed by atoms with Gasteiger partial charge in [0, 0.05) is 37.3 Å². The first kappa shape index (κ1) is 18.7. The molecule has 0 bridgehead atoms. The Bertz CT molecular complexity index is 1020. The number of halogens is 1. The molecule has 28 heavy (non-hydrogen) atoms. The normalized spacial score (nSPS) is 14.9. The topological polar surface area (TPSA) is 62.5 Å². The number of rotatable bonds is 3. The quantitative estimate of drug-likeness (QED) is 0.721. The number of hydrogen-bond donors (Lipinski definition) is 1. The molecule has 7 heteroatoms. The fourth-order valence-electron chi connectivity index (χ4n) is 3.49. The Balaban J connectivity index is 1.52. The Morgan fingerprint density at radius 3 is 2.54 bits per heavy atom. The van der Waals surface area contributed by atoms with Gasteiger partial charge in [-0.1, -0.05) is 26.0 Å². The van der Waals surface area contributed by atoms with Crippen molar-refractivity contribution in [3.63, 3.8) is 0 Å². The Kier molecular flexibility index (Phi) is 4.93. The molecule has 0 spiro atoms.